The Labute approximate surface area is 154 Å². The third kappa shape index (κ3) is 5.98. The summed E-state index contributed by atoms with van der Waals surface area (Å²) in [6.07, 6.45) is 4.41. The number of nitrogens with one attached hydrogen (secondary N) is 3. The summed E-state index contributed by atoms with van der Waals surface area (Å²) in [7, 11) is -3.07. The summed E-state index contributed by atoms with van der Waals surface area (Å²) in [4.78, 5) is 28.7. The van der Waals surface area contributed by atoms with Gasteiger partial charge in [-0.15, -0.1) is 0 Å². The van der Waals surface area contributed by atoms with Crippen LogP contribution in [-0.4, -0.2) is 48.9 Å². The molecule has 3 atom stereocenters. The Morgan fingerprint density at radius 2 is 2.00 bits per heavy atom. The zero-order valence-electron chi connectivity index (χ0n) is 15.1. The SMILES string of the molecule is CC[C@@H](C)[C@H](NC(=O)N[C@H]1CCS(=O)(=O)C1)C(=O)NCc1ccncc1. The molecule has 2 rings (SSSR count). The molecule has 2 heterocycles. The highest BCUT2D eigenvalue weighted by Gasteiger charge is 2.31. The molecule has 0 radical (unpaired) electrons. The van der Waals surface area contributed by atoms with Crippen LogP contribution in [0.3, 0.4) is 0 Å². The molecule has 0 spiro atoms. The van der Waals surface area contributed by atoms with Crippen molar-refractivity contribution in [3.63, 3.8) is 0 Å². The van der Waals surface area contributed by atoms with Crippen LogP contribution in [0.2, 0.25) is 0 Å². The first-order valence-electron chi connectivity index (χ1n) is 8.75. The molecular weight excluding hydrogens is 356 g/mol. The smallest absolute Gasteiger partial charge is 0.315 e. The molecule has 0 aromatic carbocycles. The number of amides is 3. The number of carbonyl (C=O) groups excluding carboxylic acids is 2. The van der Waals surface area contributed by atoms with Crippen molar-refractivity contribution < 1.29 is 18.0 Å². The van der Waals surface area contributed by atoms with Crippen molar-refractivity contribution in [1.82, 2.24) is 20.9 Å². The van der Waals surface area contributed by atoms with Crippen molar-refractivity contribution in [3.8, 4) is 0 Å². The normalized spacial score (nSPS) is 20.8. The quantitative estimate of drug-likeness (QED) is 0.638. The van der Waals surface area contributed by atoms with Gasteiger partial charge < -0.3 is 16.0 Å². The van der Waals surface area contributed by atoms with Gasteiger partial charge in [0.25, 0.3) is 0 Å². The molecule has 1 fully saturated rings. The van der Waals surface area contributed by atoms with Gasteiger partial charge in [-0.2, -0.15) is 0 Å². The predicted octanol–water partition coefficient (Wildman–Crippen LogP) is 0.599. The first-order chi connectivity index (χ1) is 12.3. The third-order valence-corrected chi connectivity index (χ3v) is 6.33. The van der Waals surface area contributed by atoms with Crippen LogP contribution in [0.25, 0.3) is 0 Å². The number of pyridine rings is 1. The average Bonchev–Trinajstić information content (AvgIpc) is 2.96. The number of hydrogen-bond acceptors (Lipinski definition) is 5. The van der Waals surface area contributed by atoms with Crippen molar-refractivity contribution in [1.29, 1.82) is 0 Å². The molecule has 1 aromatic rings. The largest absolute Gasteiger partial charge is 0.350 e. The summed E-state index contributed by atoms with van der Waals surface area (Å²) < 4.78 is 23.0. The molecule has 1 aliphatic rings. The first-order valence-corrected chi connectivity index (χ1v) is 10.6. The Hall–Kier alpha value is -2.16. The van der Waals surface area contributed by atoms with Crippen LogP contribution in [0.15, 0.2) is 24.5 Å². The minimum Gasteiger partial charge on any atom is -0.350 e. The van der Waals surface area contributed by atoms with Crippen LogP contribution in [0.4, 0.5) is 4.79 Å². The maximum atomic E-state index is 12.5. The standard InChI is InChI=1S/C17H26N4O4S/c1-3-12(2)15(16(22)19-10-13-4-7-18-8-5-13)21-17(23)20-14-6-9-26(24,25)11-14/h4-5,7-8,12,14-15H,3,6,9-11H2,1-2H3,(H,19,22)(H2,20,21,23)/t12-,14+,15+/m1/s1. The summed E-state index contributed by atoms with van der Waals surface area (Å²) >= 11 is 0. The van der Waals surface area contributed by atoms with Gasteiger partial charge in [0, 0.05) is 25.0 Å². The van der Waals surface area contributed by atoms with Gasteiger partial charge in [-0.25, -0.2) is 13.2 Å². The second-order valence-electron chi connectivity index (χ2n) is 6.65. The first kappa shape index (κ1) is 20.2. The number of urea groups is 1. The molecule has 0 bridgehead atoms. The Balaban J connectivity index is 1.91. The molecule has 1 aliphatic heterocycles. The van der Waals surface area contributed by atoms with Gasteiger partial charge in [-0.05, 0) is 30.0 Å². The maximum Gasteiger partial charge on any atom is 0.315 e. The zero-order valence-corrected chi connectivity index (χ0v) is 15.9. The van der Waals surface area contributed by atoms with E-state index < -0.39 is 28.0 Å². The second kappa shape index (κ2) is 8.98. The van der Waals surface area contributed by atoms with Gasteiger partial charge in [0.15, 0.2) is 9.84 Å². The van der Waals surface area contributed by atoms with Crippen LogP contribution in [-0.2, 0) is 21.2 Å². The van der Waals surface area contributed by atoms with Gasteiger partial charge in [0.2, 0.25) is 5.91 Å². The Kier molecular flexibility index (Phi) is 6.96. The van der Waals surface area contributed by atoms with Gasteiger partial charge in [0.05, 0.1) is 11.5 Å². The minimum atomic E-state index is -3.07. The second-order valence-corrected chi connectivity index (χ2v) is 8.88. The Morgan fingerprint density at radius 3 is 2.58 bits per heavy atom. The van der Waals surface area contributed by atoms with E-state index in [0.717, 1.165) is 5.56 Å². The zero-order chi connectivity index (χ0) is 19.2. The molecule has 0 unspecified atom stereocenters. The van der Waals surface area contributed by atoms with Gasteiger partial charge >= 0.3 is 6.03 Å². The minimum absolute atomic E-state index is 0.0529. The molecule has 9 heteroatoms. The lowest BCUT2D eigenvalue weighted by Gasteiger charge is -2.24. The summed E-state index contributed by atoms with van der Waals surface area (Å²) in [5.41, 5.74) is 0.914. The topological polar surface area (TPSA) is 117 Å². The molecule has 3 N–H and O–H groups in total. The molecule has 0 saturated carbocycles. The molecule has 1 aromatic heterocycles. The lowest BCUT2D eigenvalue weighted by atomic mass is 9.98. The van der Waals surface area contributed by atoms with Crippen molar-refractivity contribution in [3.05, 3.63) is 30.1 Å². The third-order valence-electron chi connectivity index (χ3n) is 4.57. The molecule has 26 heavy (non-hydrogen) atoms. The summed E-state index contributed by atoms with van der Waals surface area (Å²) in [6.45, 7) is 4.17. The van der Waals surface area contributed by atoms with E-state index in [1.165, 1.54) is 0 Å². The van der Waals surface area contributed by atoms with Gasteiger partial charge in [-0.1, -0.05) is 20.3 Å². The van der Waals surface area contributed by atoms with E-state index in [9.17, 15) is 18.0 Å². The van der Waals surface area contributed by atoms with E-state index in [1.807, 2.05) is 13.8 Å². The number of rotatable bonds is 7. The Morgan fingerprint density at radius 1 is 1.31 bits per heavy atom. The average molecular weight is 382 g/mol. The van der Waals surface area contributed by atoms with E-state index in [1.54, 1.807) is 24.5 Å². The Bertz CT molecular complexity index is 724. The van der Waals surface area contributed by atoms with E-state index in [4.69, 9.17) is 0 Å². The fraction of sp³-hybridized carbons (Fsp3) is 0.588. The van der Waals surface area contributed by atoms with E-state index >= 15 is 0 Å². The van der Waals surface area contributed by atoms with Crippen LogP contribution < -0.4 is 16.0 Å². The fourth-order valence-electron chi connectivity index (χ4n) is 2.78. The number of sulfone groups is 1. The predicted molar refractivity (Wildman–Crippen MR) is 98.1 cm³/mol. The summed E-state index contributed by atoms with van der Waals surface area (Å²) in [5, 5.41) is 8.17. The van der Waals surface area contributed by atoms with E-state index in [2.05, 4.69) is 20.9 Å². The lowest BCUT2D eigenvalue weighted by molar-refractivity contribution is -0.124. The highest BCUT2D eigenvalue weighted by Crippen LogP contribution is 2.12. The van der Waals surface area contributed by atoms with Crippen molar-refractivity contribution in [2.24, 2.45) is 5.92 Å². The van der Waals surface area contributed by atoms with Crippen molar-refractivity contribution in [2.45, 2.75) is 45.3 Å². The number of hydrogen-bond donors (Lipinski definition) is 3. The number of nitrogens with zero attached hydrogens (tertiary/aromatic N) is 1. The molecular formula is C17H26N4O4S. The highest BCUT2D eigenvalue weighted by atomic mass is 32.2. The van der Waals surface area contributed by atoms with E-state index in [-0.39, 0.29) is 23.3 Å². The van der Waals surface area contributed by atoms with E-state index in [0.29, 0.717) is 19.4 Å². The van der Waals surface area contributed by atoms with Crippen LogP contribution in [0, 0.1) is 5.92 Å². The molecule has 0 aliphatic carbocycles. The number of carbonyl (C=O) groups is 2. The molecule has 3 amide bonds. The van der Waals surface area contributed by atoms with Gasteiger partial charge in [0.1, 0.15) is 6.04 Å². The molecule has 1 saturated heterocycles. The van der Waals surface area contributed by atoms with Crippen molar-refractivity contribution in [2.75, 3.05) is 11.5 Å². The van der Waals surface area contributed by atoms with Crippen LogP contribution in [0.5, 0.6) is 0 Å². The molecule has 8 nitrogen and oxygen atoms in total. The monoisotopic (exact) mass is 382 g/mol. The molecule has 144 valence electrons. The van der Waals surface area contributed by atoms with Crippen LogP contribution in [0.1, 0.15) is 32.3 Å². The van der Waals surface area contributed by atoms with Crippen molar-refractivity contribution >= 4 is 21.8 Å². The number of aromatic nitrogens is 1. The lowest BCUT2D eigenvalue weighted by Crippen LogP contribution is -2.54. The highest BCUT2D eigenvalue weighted by molar-refractivity contribution is 7.91. The summed E-state index contributed by atoms with van der Waals surface area (Å²) in [6, 6.07) is 1.99. The van der Waals surface area contributed by atoms with Crippen LogP contribution >= 0.6 is 0 Å². The van der Waals surface area contributed by atoms with Gasteiger partial charge in [-0.3, -0.25) is 9.78 Å². The summed E-state index contributed by atoms with van der Waals surface area (Å²) in [5.74, 6) is -0.308. The fourth-order valence-corrected chi connectivity index (χ4v) is 4.45. The maximum absolute atomic E-state index is 12.5.